The van der Waals surface area contributed by atoms with Crippen LogP contribution in [0.3, 0.4) is 0 Å². The van der Waals surface area contributed by atoms with Crippen LogP contribution in [0.2, 0.25) is 0 Å². The Morgan fingerprint density at radius 2 is 1.42 bits per heavy atom. The zero-order chi connectivity index (χ0) is 34.9. The standard InChI is InChI=1S/C51H39NO/c1-2-11-38(12-3-1)52-48-19-8-6-15-43(48)47-32-37(28-30-49(47)52)36-26-25-35-27-29-39(41-13-4-5-14-42(41)46(35)31-36)33-21-23-34(24-22-33)40-17-10-18-45-44-16-7-9-20-50(44)53-51(40)45/h1-11,13-26,28,30-32,38-39,47,49H,12,27,29H2/t38?,39?,47?,49-/m0/s1. The minimum absolute atomic E-state index is 0.317. The van der Waals surface area contributed by atoms with E-state index < -0.39 is 0 Å². The van der Waals surface area contributed by atoms with Gasteiger partial charge in [-0.1, -0.05) is 158 Å². The quantitative estimate of drug-likeness (QED) is 0.184. The Kier molecular flexibility index (Phi) is 7.05. The van der Waals surface area contributed by atoms with E-state index in [9.17, 15) is 0 Å². The molecule has 0 N–H and O–H groups in total. The van der Waals surface area contributed by atoms with Crippen molar-refractivity contribution >= 4 is 33.2 Å². The second-order valence-corrected chi connectivity index (χ2v) is 15.0. The van der Waals surface area contributed by atoms with Gasteiger partial charge in [0.25, 0.3) is 0 Å². The van der Waals surface area contributed by atoms with Gasteiger partial charge in [0.15, 0.2) is 0 Å². The average molecular weight is 682 g/mol. The Morgan fingerprint density at radius 3 is 2.32 bits per heavy atom. The molecule has 254 valence electrons. The van der Waals surface area contributed by atoms with Crippen molar-refractivity contribution in [2.75, 3.05) is 4.90 Å². The number of benzene rings is 6. The Hall–Kier alpha value is -6.12. The summed E-state index contributed by atoms with van der Waals surface area (Å²) in [4.78, 5) is 2.64. The van der Waals surface area contributed by atoms with Crippen molar-refractivity contribution in [3.8, 4) is 22.3 Å². The van der Waals surface area contributed by atoms with Crippen molar-refractivity contribution in [2.45, 2.75) is 43.2 Å². The van der Waals surface area contributed by atoms with Crippen LogP contribution in [0.4, 0.5) is 5.69 Å². The summed E-state index contributed by atoms with van der Waals surface area (Å²) >= 11 is 0. The van der Waals surface area contributed by atoms with Gasteiger partial charge in [-0.2, -0.15) is 0 Å². The molecule has 2 heterocycles. The lowest BCUT2D eigenvalue weighted by molar-refractivity contribution is 0.615. The minimum Gasteiger partial charge on any atom is -0.455 e. The third-order valence-corrected chi connectivity index (χ3v) is 12.2. The highest BCUT2D eigenvalue weighted by Gasteiger charge is 2.40. The Balaban J connectivity index is 0.925. The van der Waals surface area contributed by atoms with Crippen LogP contribution >= 0.6 is 0 Å². The largest absolute Gasteiger partial charge is 0.455 e. The fourth-order valence-corrected chi connectivity index (χ4v) is 9.68. The number of allylic oxidation sites excluding steroid dienone is 4. The molecule has 3 aliphatic carbocycles. The molecule has 0 radical (unpaired) electrons. The van der Waals surface area contributed by atoms with Gasteiger partial charge >= 0.3 is 0 Å². The molecule has 2 nitrogen and oxygen atoms in total. The van der Waals surface area contributed by atoms with Gasteiger partial charge < -0.3 is 9.32 Å². The molecule has 0 saturated carbocycles. The molecule has 6 aromatic carbocycles. The summed E-state index contributed by atoms with van der Waals surface area (Å²) in [5.74, 6) is 0.653. The fourth-order valence-electron chi connectivity index (χ4n) is 9.68. The molecule has 0 saturated heterocycles. The van der Waals surface area contributed by atoms with Gasteiger partial charge in [-0.25, -0.2) is 0 Å². The normalized spacial score (nSPS) is 21.2. The van der Waals surface area contributed by atoms with Crippen LogP contribution in [0.1, 0.15) is 52.5 Å². The third kappa shape index (κ3) is 4.93. The summed E-state index contributed by atoms with van der Waals surface area (Å²) in [5, 5.41) is 2.33. The third-order valence-electron chi connectivity index (χ3n) is 12.2. The molecule has 4 aliphatic rings. The highest BCUT2D eigenvalue weighted by Crippen LogP contribution is 2.49. The molecule has 0 amide bonds. The van der Waals surface area contributed by atoms with Gasteiger partial charge in [0, 0.05) is 33.9 Å². The lowest BCUT2D eigenvalue weighted by Gasteiger charge is -2.35. The van der Waals surface area contributed by atoms with E-state index in [-0.39, 0.29) is 0 Å². The minimum atomic E-state index is 0.317. The van der Waals surface area contributed by atoms with Crippen LogP contribution in [0.15, 0.2) is 180 Å². The molecule has 2 heteroatoms. The van der Waals surface area contributed by atoms with E-state index in [1.807, 2.05) is 6.07 Å². The average Bonchev–Trinajstić information content (AvgIpc) is 3.72. The first-order chi connectivity index (χ1) is 26.3. The number of furan rings is 1. The fraction of sp³-hybridized carbons (Fsp3) is 0.137. The lowest BCUT2D eigenvalue weighted by atomic mass is 9.84. The molecule has 11 rings (SSSR count). The highest BCUT2D eigenvalue weighted by molar-refractivity contribution is 6.09. The molecule has 1 aliphatic heterocycles. The van der Waals surface area contributed by atoms with Crippen LogP contribution in [0.25, 0.3) is 49.8 Å². The molecule has 0 bridgehead atoms. The van der Waals surface area contributed by atoms with E-state index in [2.05, 4.69) is 175 Å². The molecule has 3 unspecified atom stereocenters. The number of hydrogen-bond acceptors (Lipinski definition) is 2. The van der Waals surface area contributed by atoms with Crippen LogP contribution in [-0.2, 0) is 6.42 Å². The molecular formula is C51H39NO. The molecule has 4 atom stereocenters. The first-order valence-corrected chi connectivity index (χ1v) is 19.1. The number of fused-ring (bicyclic) bond motifs is 9. The van der Waals surface area contributed by atoms with Crippen LogP contribution < -0.4 is 4.90 Å². The zero-order valence-corrected chi connectivity index (χ0v) is 29.5. The summed E-state index contributed by atoms with van der Waals surface area (Å²) < 4.78 is 6.39. The predicted molar refractivity (Wildman–Crippen MR) is 220 cm³/mol. The molecule has 0 spiro atoms. The molecule has 1 aromatic heterocycles. The lowest BCUT2D eigenvalue weighted by Crippen LogP contribution is -2.40. The SMILES string of the molecule is C1=CCC(N2c3ccccc3C3C=C(c4ccc5c(c4)-c4ccccc4C(c4ccc(-c6cccc7c6oc6ccccc67)cc4)CC5)C=C[C@@H]32)C=C1. The van der Waals surface area contributed by atoms with E-state index >= 15 is 0 Å². The van der Waals surface area contributed by atoms with Gasteiger partial charge in [-0.15, -0.1) is 0 Å². The number of aryl methyl sites for hydroxylation is 1. The van der Waals surface area contributed by atoms with Crippen molar-refractivity contribution in [3.63, 3.8) is 0 Å². The Morgan fingerprint density at radius 1 is 0.623 bits per heavy atom. The van der Waals surface area contributed by atoms with Gasteiger partial charge in [0.1, 0.15) is 11.2 Å². The van der Waals surface area contributed by atoms with Crippen molar-refractivity contribution in [3.05, 3.63) is 204 Å². The summed E-state index contributed by atoms with van der Waals surface area (Å²) in [5.41, 5.74) is 16.6. The molecule has 7 aromatic rings. The molecular weight excluding hydrogens is 643 g/mol. The Labute approximate surface area is 310 Å². The number of hydrogen-bond donors (Lipinski definition) is 0. The maximum atomic E-state index is 6.39. The van der Waals surface area contributed by atoms with Crippen LogP contribution in [0, 0.1) is 0 Å². The van der Waals surface area contributed by atoms with Crippen molar-refractivity contribution in [1.82, 2.24) is 0 Å². The molecule has 0 fully saturated rings. The van der Waals surface area contributed by atoms with Gasteiger partial charge in [0.2, 0.25) is 0 Å². The maximum absolute atomic E-state index is 6.39. The van der Waals surface area contributed by atoms with Crippen molar-refractivity contribution < 1.29 is 4.42 Å². The summed E-state index contributed by atoms with van der Waals surface area (Å²) in [7, 11) is 0. The van der Waals surface area contributed by atoms with Crippen molar-refractivity contribution in [1.29, 1.82) is 0 Å². The first-order valence-electron chi connectivity index (χ1n) is 19.1. The Bertz CT molecular complexity index is 2680. The van der Waals surface area contributed by atoms with E-state index in [1.54, 1.807) is 0 Å². The summed E-state index contributed by atoms with van der Waals surface area (Å²) in [6.07, 6.45) is 19.6. The number of para-hydroxylation sites is 3. The van der Waals surface area contributed by atoms with Crippen LogP contribution in [0.5, 0.6) is 0 Å². The van der Waals surface area contributed by atoms with Gasteiger partial charge in [-0.3, -0.25) is 0 Å². The van der Waals surface area contributed by atoms with E-state index in [1.165, 1.54) is 66.5 Å². The monoisotopic (exact) mass is 681 g/mol. The van der Waals surface area contributed by atoms with Crippen LogP contribution in [-0.4, -0.2) is 12.1 Å². The predicted octanol–water partition coefficient (Wildman–Crippen LogP) is 12.8. The maximum Gasteiger partial charge on any atom is 0.143 e. The van der Waals surface area contributed by atoms with Crippen molar-refractivity contribution in [2.24, 2.45) is 0 Å². The summed E-state index contributed by atoms with van der Waals surface area (Å²) in [6.45, 7) is 0. The number of nitrogens with zero attached hydrogens (tertiary/aromatic N) is 1. The highest BCUT2D eigenvalue weighted by atomic mass is 16.3. The second-order valence-electron chi connectivity index (χ2n) is 15.0. The zero-order valence-electron chi connectivity index (χ0n) is 29.5. The smallest absolute Gasteiger partial charge is 0.143 e. The van der Waals surface area contributed by atoms with E-state index in [0.29, 0.717) is 23.9 Å². The van der Waals surface area contributed by atoms with Gasteiger partial charge in [-0.05, 0) is 87.5 Å². The van der Waals surface area contributed by atoms with E-state index in [0.717, 1.165) is 36.0 Å². The summed E-state index contributed by atoms with van der Waals surface area (Å²) in [6, 6.07) is 50.2. The topological polar surface area (TPSA) is 16.4 Å². The number of rotatable bonds is 4. The second kappa shape index (κ2) is 12.2. The number of anilines is 1. The van der Waals surface area contributed by atoms with E-state index in [4.69, 9.17) is 4.42 Å². The van der Waals surface area contributed by atoms with Gasteiger partial charge in [0.05, 0.1) is 12.1 Å². The first kappa shape index (κ1) is 30.5. The molecule has 53 heavy (non-hydrogen) atoms.